The summed E-state index contributed by atoms with van der Waals surface area (Å²) in [5, 5.41) is 0.540. The summed E-state index contributed by atoms with van der Waals surface area (Å²) in [4.78, 5) is 0. The van der Waals surface area contributed by atoms with Crippen LogP contribution in [0.3, 0.4) is 0 Å². The summed E-state index contributed by atoms with van der Waals surface area (Å²) in [6.45, 7) is 4.25. The van der Waals surface area contributed by atoms with Crippen LogP contribution in [-0.2, 0) is 13.6 Å². The fourth-order valence-electron chi connectivity index (χ4n) is 1.26. The molecule has 3 nitrogen and oxygen atoms in total. The van der Waals surface area contributed by atoms with Gasteiger partial charge in [-0.1, -0.05) is 6.07 Å². The van der Waals surface area contributed by atoms with Crippen molar-refractivity contribution in [2.24, 2.45) is 0 Å². The van der Waals surface area contributed by atoms with E-state index in [9.17, 15) is 4.57 Å². The van der Waals surface area contributed by atoms with E-state index < -0.39 is 7.60 Å². The number of benzene rings is 1. The lowest BCUT2D eigenvalue weighted by Gasteiger charge is -2.19. The van der Waals surface area contributed by atoms with E-state index in [1.54, 1.807) is 13.8 Å². The van der Waals surface area contributed by atoms with Crippen molar-refractivity contribution in [2.75, 3.05) is 13.2 Å². The summed E-state index contributed by atoms with van der Waals surface area (Å²) in [7, 11) is -3.24. The minimum atomic E-state index is -3.24. The number of hydrogen-bond donors (Lipinski definition) is 0. The Hall–Kier alpha value is 0.330. The van der Waals surface area contributed by atoms with E-state index in [1.165, 1.54) is 0 Å². The van der Waals surface area contributed by atoms with Crippen molar-refractivity contribution < 1.29 is 13.6 Å². The van der Waals surface area contributed by atoms with Crippen LogP contribution in [0.15, 0.2) is 27.1 Å². The molecule has 0 saturated heterocycles. The van der Waals surface area contributed by atoms with E-state index >= 15 is 0 Å². The van der Waals surface area contributed by atoms with Crippen molar-refractivity contribution in [3.8, 4) is 0 Å². The monoisotopic (exact) mass is 370 g/mol. The molecule has 16 heavy (non-hydrogen) atoms. The fourth-order valence-corrected chi connectivity index (χ4v) is 5.24. The van der Waals surface area contributed by atoms with Gasteiger partial charge in [0.1, 0.15) is 0 Å². The third-order valence-electron chi connectivity index (χ3n) is 1.81. The molecule has 6 heteroatoms. The lowest BCUT2D eigenvalue weighted by atomic mass is 10.4. The summed E-state index contributed by atoms with van der Waals surface area (Å²) in [6.07, 6.45) is 0. The van der Waals surface area contributed by atoms with Crippen molar-refractivity contribution in [3.05, 3.63) is 27.1 Å². The van der Waals surface area contributed by atoms with Gasteiger partial charge in [0.05, 0.1) is 18.5 Å². The smallest absolute Gasteiger partial charge is 0.305 e. The predicted octanol–water partition coefficient (Wildman–Crippen LogP) is 4.10. The van der Waals surface area contributed by atoms with E-state index in [0.29, 0.717) is 27.5 Å². The van der Waals surface area contributed by atoms with Crippen LogP contribution in [0, 0.1) is 0 Å². The molecule has 0 amide bonds. The maximum absolute atomic E-state index is 12.6. The highest BCUT2D eigenvalue weighted by Gasteiger charge is 2.31. The Morgan fingerprint density at radius 3 is 1.94 bits per heavy atom. The topological polar surface area (TPSA) is 35.5 Å². The van der Waals surface area contributed by atoms with Crippen LogP contribution in [0.5, 0.6) is 0 Å². The molecule has 0 heterocycles. The molecule has 0 N–H and O–H groups in total. The molecule has 1 aromatic rings. The fraction of sp³-hybridized carbons (Fsp3) is 0.400. The summed E-state index contributed by atoms with van der Waals surface area (Å²) >= 11 is 6.72. The number of hydrogen-bond acceptors (Lipinski definition) is 3. The number of rotatable bonds is 5. The minimum absolute atomic E-state index is 0.338. The standard InChI is InChI=1S/C10H13Br2O3P/c1-3-14-16(13,15-4-2)10-8(11)6-5-7-9(10)12/h5-7H,3-4H2,1-2H3. The van der Waals surface area contributed by atoms with E-state index in [0.717, 1.165) is 0 Å². The van der Waals surface area contributed by atoms with Gasteiger partial charge >= 0.3 is 7.60 Å². The minimum Gasteiger partial charge on any atom is -0.305 e. The molecule has 0 saturated carbocycles. The van der Waals surface area contributed by atoms with Crippen LogP contribution in [0.25, 0.3) is 0 Å². The second-order valence-electron chi connectivity index (χ2n) is 2.90. The Balaban J connectivity index is 3.26. The Morgan fingerprint density at radius 2 is 1.56 bits per heavy atom. The third kappa shape index (κ3) is 3.17. The first kappa shape index (κ1) is 14.4. The molecule has 1 aromatic carbocycles. The summed E-state index contributed by atoms with van der Waals surface area (Å²) in [5.41, 5.74) is 0. The zero-order valence-corrected chi connectivity index (χ0v) is 13.1. The Bertz CT molecular complexity index is 379. The average Bonchev–Trinajstić information content (AvgIpc) is 2.17. The van der Waals surface area contributed by atoms with E-state index in [2.05, 4.69) is 31.9 Å². The molecular weight excluding hydrogens is 359 g/mol. The van der Waals surface area contributed by atoms with Crippen molar-refractivity contribution in [3.63, 3.8) is 0 Å². The highest BCUT2D eigenvalue weighted by Crippen LogP contribution is 2.50. The van der Waals surface area contributed by atoms with Crippen molar-refractivity contribution in [1.82, 2.24) is 0 Å². The van der Waals surface area contributed by atoms with Crippen LogP contribution in [0.4, 0.5) is 0 Å². The first-order chi connectivity index (χ1) is 7.55. The first-order valence-corrected chi connectivity index (χ1v) is 8.01. The zero-order chi connectivity index (χ0) is 12.2. The largest absolute Gasteiger partial charge is 0.363 e. The molecule has 90 valence electrons. The van der Waals surface area contributed by atoms with Gasteiger partial charge in [0.15, 0.2) is 0 Å². The molecular formula is C10H13Br2O3P. The van der Waals surface area contributed by atoms with Gasteiger partial charge in [-0.05, 0) is 57.8 Å². The molecule has 0 aromatic heterocycles. The molecule has 0 atom stereocenters. The van der Waals surface area contributed by atoms with E-state index in [4.69, 9.17) is 9.05 Å². The molecule has 0 bridgehead atoms. The van der Waals surface area contributed by atoms with Crippen molar-refractivity contribution in [1.29, 1.82) is 0 Å². The van der Waals surface area contributed by atoms with Crippen LogP contribution >= 0.6 is 39.5 Å². The maximum atomic E-state index is 12.6. The van der Waals surface area contributed by atoms with Gasteiger partial charge in [0.2, 0.25) is 0 Å². The molecule has 0 fully saturated rings. The second kappa shape index (κ2) is 6.31. The van der Waals surface area contributed by atoms with Gasteiger partial charge in [-0.15, -0.1) is 0 Å². The zero-order valence-electron chi connectivity index (χ0n) is 9.07. The molecule has 0 aliphatic rings. The van der Waals surface area contributed by atoms with Crippen molar-refractivity contribution >= 4 is 44.8 Å². The second-order valence-corrected chi connectivity index (χ2v) is 6.57. The normalized spacial score (nSPS) is 11.8. The van der Waals surface area contributed by atoms with Gasteiger partial charge in [0, 0.05) is 8.95 Å². The average molecular weight is 372 g/mol. The Labute approximate surface area is 112 Å². The van der Waals surface area contributed by atoms with Gasteiger partial charge < -0.3 is 9.05 Å². The summed E-state index contributed by atoms with van der Waals surface area (Å²) in [5.74, 6) is 0. The van der Waals surface area contributed by atoms with Crippen molar-refractivity contribution in [2.45, 2.75) is 13.8 Å². The quantitative estimate of drug-likeness (QED) is 0.731. The summed E-state index contributed by atoms with van der Waals surface area (Å²) < 4.78 is 24.6. The van der Waals surface area contributed by atoms with Gasteiger partial charge in [-0.25, -0.2) is 0 Å². The van der Waals surface area contributed by atoms with Crippen LogP contribution < -0.4 is 5.30 Å². The Morgan fingerprint density at radius 1 is 1.12 bits per heavy atom. The predicted molar refractivity (Wildman–Crippen MR) is 72.3 cm³/mol. The molecule has 0 unspecified atom stereocenters. The molecule has 1 rings (SSSR count). The van der Waals surface area contributed by atoms with E-state index in [1.807, 2.05) is 18.2 Å². The van der Waals surface area contributed by atoms with E-state index in [-0.39, 0.29) is 0 Å². The summed E-state index contributed by atoms with van der Waals surface area (Å²) in [6, 6.07) is 5.47. The molecule has 0 spiro atoms. The third-order valence-corrected chi connectivity index (χ3v) is 5.97. The highest BCUT2D eigenvalue weighted by atomic mass is 79.9. The highest BCUT2D eigenvalue weighted by molar-refractivity contribution is 9.11. The lowest BCUT2D eigenvalue weighted by Crippen LogP contribution is -2.13. The van der Waals surface area contributed by atoms with Crippen LogP contribution in [0.1, 0.15) is 13.8 Å². The lowest BCUT2D eigenvalue weighted by molar-refractivity contribution is 0.229. The SMILES string of the molecule is CCOP(=O)(OCC)c1c(Br)cccc1Br. The maximum Gasteiger partial charge on any atom is 0.363 e. The first-order valence-electron chi connectivity index (χ1n) is 4.88. The van der Waals surface area contributed by atoms with Crippen LogP contribution in [-0.4, -0.2) is 13.2 Å². The molecule has 0 aliphatic carbocycles. The number of halogens is 2. The van der Waals surface area contributed by atoms with Gasteiger partial charge in [0.25, 0.3) is 0 Å². The van der Waals surface area contributed by atoms with Gasteiger partial charge in [-0.3, -0.25) is 4.57 Å². The van der Waals surface area contributed by atoms with Crippen LogP contribution in [0.2, 0.25) is 0 Å². The van der Waals surface area contributed by atoms with Gasteiger partial charge in [-0.2, -0.15) is 0 Å². The Kier molecular flexibility index (Phi) is 5.68. The molecule has 0 radical (unpaired) electrons. The molecule has 0 aliphatic heterocycles.